The standard InChI is InChI=1S/C58H44N2/c1-57(2)50-25-13-12-23-46(50)47-35-33-44(37-52(47)57)59(43-31-29-40(30-32-43)39-17-6-3-7-18-39)45-34-36-48-49-24-16-28-55-56(49)58(53(48)38-45,41-19-8-4-9-20-41)51-26-14-15-27-54(51)60(55)42-21-10-5-11-22-42/h3-12,14-24,26-38H,13,25H2,1-2H3. The molecule has 8 aromatic carbocycles. The fourth-order valence-electron chi connectivity index (χ4n) is 11.1. The summed E-state index contributed by atoms with van der Waals surface area (Å²) in [5.74, 6) is 0. The van der Waals surface area contributed by atoms with E-state index in [-0.39, 0.29) is 5.41 Å². The molecule has 0 fully saturated rings. The first-order valence-electron chi connectivity index (χ1n) is 21.3. The fourth-order valence-corrected chi connectivity index (χ4v) is 11.1. The van der Waals surface area contributed by atoms with E-state index in [0.29, 0.717) is 0 Å². The summed E-state index contributed by atoms with van der Waals surface area (Å²) in [6.45, 7) is 4.84. The van der Waals surface area contributed by atoms with Gasteiger partial charge in [-0.15, -0.1) is 0 Å². The molecular formula is C58H44N2. The molecule has 0 saturated heterocycles. The molecule has 1 unspecified atom stereocenters. The van der Waals surface area contributed by atoms with Gasteiger partial charge in [0, 0.05) is 33.7 Å². The van der Waals surface area contributed by atoms with Gasteiger partial charge >= 0.3 is 0 Å². The molecule has 0 amide bonds. The van der Waals surface area contributed by atoms with Gasteiger partial charge in [0.2, 0.25) is 0 Å². The summed E-state index contributed by atoms with van der Waals surface area (Å²) in [4.78, 5) is 4.96. The van der Waals surface area contributed by atoms with Crippen LogP contribution >= 0.6 is 0 Å². The van der Waals surface area contributed by atoms with Crippen LogP contribution in [-0.2, 0) is 10.8 Å². The summed E-state index contributed by atoms with van der Waals surface area (Å²) in [5.41, 5.74) is 22.4. The molecule has 4 aliphatic rings. The summed E-state index contributed by atoms with van der Waals surface area (Å²) < 4.78 is 0. The van der Waals surface area contributed by atoms with Crippen molar-refractivity contribution in [1.82, 2.24) is 0 Å². The maximum Gasteiger partial charge on any atom is 0.0755 e. The van der Waals surface area contributed by atoms with Crippen molar-refractivity contribution >= 4 is 39.7 Å². The van der Waals surface area contributed by atoms with E-state index in [1.807, 2.05) is 0 Å². The molecule has 8 aromatic rings. The van der Waals surface area contributed by atoms with Gasteiger partial charge in [-0.3, -0.25) is 0 Å². The number of rotatable bonds is 6. The number of hydrogen-bond acceptors (Lipinski definition) is 2. The molecule has 0 N–H and O–H groups in total. The highest BCUT2D eigenvalue weighted by Gasteiger charge is 2.52. The Labute approximate surface area is 353 Å². The molecule has 1 heterocycles. The van der Waals surface area contributed by atoms with Gasteiger partial charge in [0.15, 0.2) is 0 Å². The molecule has 60 heavy (non-hydrogen) atoms. The van der Waals surface area contributed by atoms with Gasteiger partial charge in [0.25, 0.3) is 0 Å². The lowest BCUT2D eigenvalue weighted by atomic mass is 9.65. The van der Waals surface area contributed by atoms with Gasteiger partial charge in [-0.05, 0) is 129 Å². The first kappa shape index (κ1) is 34.8. The number of nitrogens with zero attached hydrogens (tertiary/aromatic N) is 2. The van der Waals surface area contributed by atoms with E-state index < -0.39 is 5.41 Å². The van der Waals surface area contributed by atoms with Gasteiger partial charge in [0.05, 0.1) is 16.8 Å². The Kier molecular flexibility index (Phi) is 7.65. The first-order chi connectivity index (χ1) is 29.5. The lowest BCUT2D eigenvalue weighted by Gasteiger charge is -2.44. The molecular weight excluding hydrogens is 725 g/mol. The molecule has 1 atom stereocenters. The Morgan fingerprint density at radius 3 is 1.87 bits per heavy atom. The Morgan fingerprint density at radius 1 is 0.483 bits per heavy atom. The summed E-state index contributed by atoms with van der Waals surface area (Å²) >= 11 is 0. The summed E-state index contributed by atoms with van der Waals surface area (Å²) in [6.07, 6.45) is 6.93. The summed E-state index contributed by atoms with van der Waals surface area (Å²) in [7, 11) is 0. The van der Waals surface area contributed by atoms with E-state index in [1.165, 1.54) is 78.3 Å². The molecule has 2 nitrogen and oxygen atoms in total. The highest BCUT2D eigenvalue weighted by molar-refractivity contribution is 6.00. The molecule has 1 aliphatic heterocycles. The van der Waals surface area contributed by atoms with Crippen LogP contribution in [0.2, 0.25) is 0 Å². The van der Waals surface area contributed by atoms with E-state index in [1.54, 1.807) is 5.57 Å². The highest BCUT2D eigenvalue weighted by atomic mass is 15.2. The van der Waals surface area contributed by atoms with Crippen molar-refractivity contribution < 1.29 is 0 Å². The third-order valence-corrected chi connectivity index (χ3v) is 13.8. The average molecular weight is 769 g/mol. The molecule has 3 aliphatic carbocycles. The van der Waals surface area contributed by atoms with Crippen LogP contribution in [0.5, 0.6) is 0 Å². The predicted octanol–water partition coefficient (Wildman–Crippen LogP) is 15.4. The fraction of sp³-hybridized carbons (Fsp3) is 0.103. The molecule has 0 spiro atoms. The van der Waals surface area contributed by atoms with Crippen LogP contribution in [0.15, 0.2) is 212 Å². The van der Waals surface area contributed by atoms with E-state index in [9.17, 15) is 0 Å². The van der Waals surface area contributed by atoms with Crippen LogP contribution in [0.3, 0.4) is 0 Å². The van der Waals surface area contributed by atoms with Crippen molar-refractivity contribution in [3.8, 4) is 22.3 Å². The van der Waals surface area contributed by atoms with Gasteiger partial charge in [-0.2, -0.15) is 0 Å². The number of para-hydroxylation sites is 2. The van der Waals surface area contributed by atoms with E-state index in [2.05, 4.69) is 230 Å². The van der Waals surface area contributed by atoms with Crippen LogP contribution in [0.25, 0.3) is 27.8 Å². The Hall–Kier alpha value is -7.16. The minimum absolute atomic E-state index is 0.0436. The molecule has 12 rings (SSSR count). The van der Waals surface area contributed by atoms with Gasteiger partial charge in [0.1, 0.15) is 0 Å². The van der Waals surface area contributed by atoms with Gasteiger partial charge < -0.3 is 9.80 Å². The largest absolute Gasteiger partial charge is 0.310 e. The number of hydrogen-bond donors (Lipinski definition) is 0. The smallest absolute Gasteiger partial charge is 0.0755 e. The van der Waals surface area contributed by atoms with Crippen LogP contribution in [0.4, 0.5) is 34.1 Å². The minimum Gasteiger partial charge on any atom is -0.310 e. The monoisotopic (exact) mass is 768 g/mol. The Balaban J connectivity index is 1.10. The number of allylic oxidation sites excluding steroid dienone is 4. The zero-order valence-electron chi connectivity index (χ0n) is 33.9. The van der Waals surface area contributed by atoms with Gasteiger partial charge in [-0.1, -0.05) is 165 Å². The van der Waals surface area contributed by atoms with Crippen molar-refractivity contribution in [1.29, 1.82) is 0 Å². The normalized spacial score (nSPS) is 17.4. The maximum absolute atomic E-state index is 2.51. The number of anilines is 6. The SMILES string of the molecule is CC1(C)C2=C(C=CCC2)c2ccc(N(c3ccc(-c4ccccc4)cc3)c3ccc4c(c3)C3(c5ccccc5)c5ccccc5N(c5ccccc5)c5cccc-4c53)cc21. The molecule has 2 heteroatoms. The van der Waals surface area contributed by atoms with Crippen LogP contribution in [0, 0.1) is 0 Å². The predicted molar refractivity (Wildman–Crippen MR) is 250 cm³/mol. The van der Waals surface area contributed by atoms with E-state index in [0.717, 1.165) is 29.9 Å². The topological polar surface area (TPSA) is 6.48 Å². The number of benzene rings is 8. The van der Waals surface area contributed by atoms with Crippen molar-refractivity contribution in [2.24, 2.45) is 0 Å². The van der Waals surface area contributed by atoms with Crippen LogP contribution < -0.4 is 9.80 Å². The zero-order chi connectivity index (χ0) is 40.0. The summed E-state index contributed by atoms with van der Waals surface area (Å²) in [5, 5.41) is 0. The molecule has 0 saturated carbocycles. The second kappa shape index (κ2) is 13.2. The average Bonchev–Trinajstić information content (AvgIpc) is 3.74. The van der Waals surface area contributed by atoms with Crippen molar-refractivity contribution in [3.05, 3.63) is 245 Å². The maximum atomic E-state index is 2.51. The second-order valence-electron chi connectivity index (χ2n) is 17.2. The van der Waals surface area contributed by atoms with E-state index >= 15 is 0 Å². The van der Waals surface area contributed by atoms with Crippen molar-refractivity contribution in [3.63, 3.8) is 0 Å². The Bertz CT molecular complexity index is 3050. The molecule has 0 aromatic heterocycles. The van der Waals surface area contributed by atoms with Crippen LogP contribution in [0.1, 0.15) is 60.1 Å². The number of fused-ring (bicyclic) bond motifs is 7. The molecule has 0 radical (unpaired) electrons. The molecule has 286 valence electrons. The lowest BCUT2D eigenvalue weighted by Crippen LogP contribution is -2.36. The first-order valence-corrected chi connectivity index (χ1v) is 21.3. The van der Waals surface area contributed by atoms with E-state index in [4.69, 9.17) is 0 Å². The van der Waals surface area contributed by atoms with Crippen molar-refractivity contribution in [2.45, 2.75) is 37.5 Å². The minimum atomic E-state index is -0.543. The summed E-state index contributed by atoms with van der Waals surface area (Å²) in [6, 6.07) is 72.4. The second-order valence-corrected chi connectivity index (χ2v) is 17.2. The Morgan fingerprint density at radius 2 is 1.10 bits per heavy atom. The zero-order valence-corrected chi connectivity index (χ0v) is 33.9. The lowest BCUT2D eigenvalue weighted by molar-refractivity contribution is 0.607. The van der Waals surface area contributed by atoms with Crippen LogP contribution in [-0.4, -0.2) is 0 Å². The van der Waals surface area contributed by atoms with Gasteiger partial charge in [-0.25, -0.2) is 0 Å². The molecule has 0 bridgehead atoms. The third kappa shape index (κ3) is 4.88. The quantitative estimate of drug-likeness (QED) is 0.166. The van der Waals surface area contributed by atoms with Crippen molar-refractivity contribution in [2.75, 3.05) is 9.80 Å². The highest BCUT2D eigenvalue weighted by Crippen LogP contribution is 2.65. The third-order valence-electron chi connectivity index (χ3n) is 13.8.